The number of nitrogen functional groups attached to an aromatic ring is 1. The van der Waals surface area contributed by atoms with Crippen molar-refractivity contribution in [1.82, 2.24) is 15.0 Å². The summed E-state index contributed by atoms with van der Waals surface area (Å²) in [5.41, 5.74) is 8.82. The van der Waals surface area contributed by atoms with Gasteiger partial charge in [0.25, 0.3) is 0 Å². The van der Waals surface area contributed by atoms with Gasteiger partial charge in [0.1, 0.15) is 11.6 Å². The number of aromatic nitrogens is 3. The van der Waals surface area contributed by atoms with Crippen LogP contribution in [0.25, 0.3) is 22.0 Å². The van der Waals surface area contributed by atoms with Gasteiger partial charge >= 0.3 is 0 Å². The molecule has 1 aliphatic carbocycles. The Labute approximate surface area is 162 Å². The van der Waals surface area contributed by atoms with Gasteiger partial charge in [0.05, 0.1) is 11.8 Å². The van der Waals surface area contributed by atoms with Gasteiger partial charge in [0.15, 0.2) is 0 Å². The van der Waals surface area contributed by atoms with Gasteiger partial charge in [-0.05, 0) is 47.9 Å². The van der Waals surface area contributed by atoms with Crippen molar-refractivity contribution in [2.75, 3.05) is 11.1 Å². The number of hydrogen-bond acceptors (Lipinski definition) is 6. The second kappa shape index (κ2) is 6.89. The number of pyridine rings is 3. The van der Waals surface area contributed by atoms with Gasteiger partial charge in [-0.1, -0.05) is 6.92 Å². The summed E-state index contributed by atoms with van der Waals surface area (Å²) in [6, 6.07) is 7.78. The number of carbonyl (C=O) groups is 1. The summed E-state index contributed by atoms with van der Waals surface area (Å²) in [4.78, 5) is 25.5. The minimum absolute atomic E-state index is 0.0926. The van der Waals surface area contributed by atoms with Crippen molar-refractivity contribution in [3.63, 3.8) is 0 Å². The summed E-state index contributed by atoms with van der Waals surface area (Å²) in [5, 5.41) is 13.3. The molecular formula is C21H20N6O. The maximum Gasteiger partial charge on any atom is 0.229 e. The van der Waals surface area contributed by atoms with E-state index in [0.29, 0.717) is 18.1 Å². The van der Waals surface area contributed by atoms with Crippen molar-refractivity contribution in [3.8, 4) is 17.3 Å². The Morgan fingerprint density at radius 1 is 1.36 bits per heavy atom. The van der Waals surface area contributed by atoms with Gasteiger partial charge in [-0.2, -0.15) is 5.26 Å². The van der Waals surface area contributed by atoms with Crippen molar-refractivity contribution in [2.45, 2.75) is 20.3 Å². The Morgan fingerprint density at radius 2 is 2.18 bits per heavy atom. The zero-order valence-electron chi connectivity index (χ0n) is 15.7. The molecule has 7 nitrogen and oxygen atoms in total. The number of rotatable bonds is 4. The fourth-order valence-electron chi connectivity index (χ4n) is 3.72. The number of hydrogen-bond donors (Lipinski definition) is 2. The lowest BCUT2D eigenvalue weighted by Crippen LogP contribution is -2.16. The maximum atomic E-state index is 12.5. The second-order valence-corrected chi connectivity index (χ2v) is 7.27. The van der Waals surface area contributed by atoms with Crippen LogP contribution in [0.5, 0.6) is 0 Å². The minimum atomic E-state index is -0.131. The Hall–Kier alpha value is -3.53. The number of nitrogens with two attached hydrogens (primary N) is 1. The number of amides is 1. The lowest BCUT2D eigenvalue weighted by molar-refractivity contribution is -0.117. The molecule has 1 aliphatic rings. The fourth-order valence-corrected chi connectivity index (χ4v) is 3.72. The number of anilines is 2. The average molecular weight is 372 g/mol. The number of nitrogens with one attached hydrogen (secondary N) is 1. The lowest BCUT2D eigenvalue weighted by Gasteiger charge is -2.10. The van der Waals surface area contributed by atoms with Gasteiger partial charge < -0.3 is 11.1 Å². The van der Waals surface area contributed by atoms with Crippen LogP contribution in [0.15, 0.2) is 36.8 Å². The third-order valence-electron chi connectivity index (χ3n) is 5.50. The van der Waals surface area contributed by atoms with Crippen LogP contribution in [-0.4, -0.2) is 20.9 Å². The van der Waals surface area contributed by atoms with Crippen molar-refractivity contribution in [1.29, 1.82) is 5.26 Å². The number of fused-ring (bicyclic) bond motifs is 1. The van der Waals surface area contributed by atoms with Gasteiger partial charge in [0, 0.05) is 41.9 Å². The van der Waals surface area contributed by atoms with E-state index in [-0.39, 0.29) is 23.7 Å². The molecule has 4 rings (SSSR count). The first-order chi connectivity index (χ1) is 13.5. The van der Waals surface area contributed by atoms with Gasteiger partial charge in [-0.3, -0.25) is 9.78 Å². The Kier molecular flexibility index (Phi) is 4.40. The molecular weight excluding hydrogens is 352 g/mol. The zero-order chi connectivity index (χ0) is 19.8. The number of aryl methyl sites for hydroxylation is 1. The summed E-state index contributed by atoms with van der Waals surface area (Å²) in [5.74, 6) is 0.974. The van der Waals surface area contributed by atoms with Crippen LogP contribution in [0.1, 0.15) is 18.9 Å². The first-order valence-corrected chi connectivity index (χ1v) is 9.14. The standard InChI is InChI=1S/C21H20N6O/c1-11-4-6-24-9-15(11)17-7-13-8-18(25-10-16(13)20(23)26-17)27-21(28)19-12(2)14(19)3-5-22/h4,6-10,12,14,19H,3H2,1-2H3,(H2,23,26)(H,25,27,28)/t12-,14-,19-/m0/s1. The normalized spacial score (nSPS) is 20.5. The van der Waals surface area contributed by atoms with Gasteiger partial charge in [-0.15, -0.1) is 0 Å². The highest BCUT2D eigenvalue weighted by Gasteiger charge is 2.51. The van der Waals surface area contributed by atoms with Gasteiger partial charge in [0.2, 0.25) is 5.91 Å². The molecule has 140 valence electrons. The predicted octanol–water partition coefficient (Wildman–Crippen LogP) is 3.32. The highest BCUT2D eigenvalue weighted by Crippen LogP contribution is 2.48. The molecule has 3 aromatic rings. The topological polar surface area (TPSA) is 118 Å². The Morgan fingerprint density at radius 3 is 2.93 bits per heavy atom. The fraction of sp³-hybridized carbons (Fsp3) is 0.286. The Balaban J connectivity index is 1.64. The minimum Gasteiger partial charge on any atom is -0.383 e. The smallest absolute Gasteiger partial charge is 0.229 e. The molecule has 1 amide bonds. The van der Waals surface area contributed by atoms with Crippen molar-refractivity contribution in [2.24, 2.45) is 17.8 Å². The highest BCUT2D eigenvalue weighted by molar-refractivity contribution is 5.98. The van der Waals surface area contributed by atoms with Crippen LogP contribution in [0.3, 0.4) is 0 Å². The molecule has 3 N–H and O–H groups in total. The molecule has 7 heteroatoms. The SMILES string of the molecule is Cc1ccncc1-c1cc2cc(NC(=O)[C@H]3[C@@H](C)[C@@H]3CC#N)ncc2c(N)n1. The van der Waals surface area contributed by atoms with E-state index in [2.05, 4.69) is 26.3 Å². The molecule has 0 spiro atoms. The molecule has 0 unspecified atom stereocenters. The summed E-state index contributed by atoms with van der Waals surface area (Å²) in [6.07, 6.45) is 5.52. The molecule has 3 heterocycles. The zero-order valence-corrected chi connectivity index (χ0v) is 15.7. The predicted molar refractivity (Wildman–Crippen MR) is 107 cm³/mol. The number of nitriles is 1. The van der Waals surface area contributed by atoms with Crippen LogP contribution in [0, 0.1) is 36.0 Å². The molecule has 0 aromatic carbocycles. The summed E-state index contributed by atoms with van der Waals surface area (Å²) in [6.45, 7) is 3.99. The first kappa shape index (κ1) is 17.9. The largest absolute Gasteiger partial charge is 0.383 e. The van der Waals surface area contributed by atoms with E-state index in [1.807, 2.05) is 26.0 Å². The summed E-state index contributed by atoms with van der Waals surface area (Å²) < 4.78 is 0. The second-order valence-electron chi connectivity index (χ2n) is 7.27. The number of nitrogens with zero attached hydrogens (tertiary/aromatic N) is 4. The van der Waals surface area contributed by atoms with Crippen LogP contribution >= 0.6 is 0 Å². The van der Waals surface area contributed by atoms with Crippen molar-refractivity contribution in [3.05, 3.63) is 42.4 Å². The highest BCUT2D eigenvalue weighted by atomic mass is 16.2. The van der Waals surface area contributed by atoms with Gasteiger partial charge in [-0.25, -0.2) is 9.97 Å². The molecule has 1 fully saturated rings. The van der Waals surface area contributed by atoms with Crippen LogP contribution < -0.4 is 11.1 Å². The van der Waals surface area contributed by atoms with E-state index in [1.54, 1.807) is 24.7 Å². The van der Waals surface area contributed by atoms with E-state index in [4.69, 9.17) is 11.0 Å². The van der Waals surface area contributed by atoms with E-state index in [9.17, 15) is 4.79 Å². The molecule has 3 atom stereocenters. The summed E-state index contributed by atoms with van der Waals surface area (Å²) >= 11 is 0. The first-order valence-electron chi connectivity index (χ1n) is 9.14. The molecule has 0 bridgehead atoms. The molecule has 0 aliphatic heterocycles. The number of carbonyl (C=O) groups excluding carboxylic acids is 1. The molecule has 0 saturated heterocycles. The van der Waals surface area contributed by atoms with E-state index in [0.717, 1.165) is 27.6 Å². The van der Waals surface area contributed by atoms with Crippen molar-refractivity contribution >= 4 is 28.3 Å². The molecule has 0 radical (unpaired) electrons. The maximum absolute atomic E-state index is 12.5. The van der Waals surface area contributed by atoms with Crippen LogP contribution in [0.2, 0.25) is 0 Å². The summed E-state index contributed by atoms with van der Waals surface area (Å²) in [7, 11) is 0. The molecule has 3 aromatic heterocycles. The van der Waals surface area contributed by atoms with E-state index >= 15 is 0 Å². The average Bonchev–Trinajstić information content (AvgIpc) is 3.31. The van der Waals surface area contributed by atoms with E-state index in [1.165, 1.54) is 0 Å². The Bertz CT molecular complexity index is 1120. The monoisotopic (exact) mass is 372 g/mol. The van der Waals surface area contributed by atoms with Crippen molar-refractivity contribution < 1.29 is 4.79 Å². The molecule has 1 saturated carbocycles. The third-order valence-corrected chi connectivity index (χ3v) is 5.50. The third kappa shape index (κ3) is 3.14. The lowest BCUT2D eigenvalue weighted by atomic mass is 10.1. The van der Waals surface area contributed by atoms with Crippen LogP contribution in [0.4, 0.5) is 11.6 Å². The van der Waals surface area contributed by atoms with Crippen LogP contribution in [-0.2, 0) is 4.79 Å². The van der Waals surface area contributed by atoms with E-state index < -0.39 is 0 Å². The quantitative estimate of drug-likeness (QED) is 0.725. The molecule has 28 heavy (non-hydrogen) atoms.